The number of hydrogen-bond donors (Lipinski definition) is 2. The number of nitrogens with zero attached hydrogens (tertiary/aromatic N) is 2. The largest absolute Gasteiger partial charge is 0.497 e. The molecule has 0 bridgehead atoms. The fourth-order valence-corrected chi connectivity index (χ4v) is 6.72. The van der Waals surface area contributed by atoms with E-state index in [0.29, 0.717) is 35.8 Å². The number of amides is 2. The fraction of sp³-hybridized carbons (Fsp3) is 0.444. The summed E-state index contributed by atoms with van der Waals surface area (Å²) in [5.74, 6) is -0.112. The predicted octanol–water partition coefficient (Wildman–Crippen LogP) is 5.06. The van der Waals surface area contributed by atoms with Gasteiger partial charge in [0, 0.05) is 43.9 Å². The summed E-state index contributed by atoms with van der Waals surface area (Å²) >= 11 is 0. The van der Waals surface area contributed by atoms with Gasteiger partial charge in [0.15, 0.2) is 0 Å². The molecule has 0 saturated heterocycles. The summed E-state index contributed by atoms with van der Waals surface area (Å²) in [5, 5.41) is 13.1. The third-order valence-corrected chi connectivity index (χ3v) is 10.4. The first-order valence-corrected chi connectivity index (χ1v) is 17.7. The lowest BCUT2D eigenvalue weighted by Gasteiger charge is -2.35. The second-order valence-corrected chi connectivity index (χ2v) is 14.3. The van der Waals surface area contributed by atoms with E-state index >= 15 is 0 Å². The van der Waals surface area contributed by atoms with E-state index in [1.807, 2.05) is 19.9 Å². The number of carbonyl (C=O) groups is 2. The van der Waals surface area contributed by atoms with Gasteiger partial charge in [-0.2, -0.15) is 4.31 Å². The van der Waals surface area contributed by atoms with Crippen molar-refractivity contribution in [2.75, 3.05) is 45.8 Å². The monoisotopic (exact) mass is 681 g/mol. The average molecular weight is 682 g/mol. The van der Waals surface area contributed by atoms with E-state index in [0.717, 1.165) is 12.8 Å². The van der Waals surface area contributed by atoms with Gasteiger partial charge in [0.05, 0.1) is 42.4 Å². The van der Waals surface area contributed by atoms with Crippen LogP contribution >= 0.6 is 0 Å². The number of fused-ring (bicyclic) bond motifs is 1. The minimum atomic E-state index is -3.85. The number of likely N-dealkylation sites (N-methyl/N-ethyl adjacent to an activating group) is 1. The van der Waals surface area contributed by atoms with Gasteiger partial charge in [-0.1, -0.05) is 25.1 Å². The molecule has 3 aromatic carbocycles. The molecule has 260 valence electrons. The van der Waals surface area contributed by atoms with Gasteiger partial charge >= 0.3 is 0 Å². The van der Waals surface area contributed by atoms with Crippen molar-refractivity contribution in [1.29, 1.82) is 0 Å². The van der Waals surface area contributed by atoms with Gasteiger partial charge in [0.25, 0.3) is 11.8 Å². The number of aliphatic hydroxyl groups excluding tert-OH is 1. The summed E-state index contributed by atoms with van der Waals surface area (Å²) in [7, 11) is -0.818. The van der Waals surface area contributed by atoms with Crippen LogP contribution in [-0.2, 0) is 14.8 Å². The molecular formula is C36H47N3O8S. The molecule has 0 spiro atoms. The highest BCUT2D eigenvalue weighted by Gasteiger charge is 2.32. The Kier molecular flexibility index (Phi) is 13.0. The summed E-state index contributed by atoms with van der Waals surface area (Å²) in [6.45, 7) is 5.91. The van der Waals surface area contributed by atoms with Crippen molar-refractivity contribution in [3.05, 3.63) is 83.9 Å². The number of benzene rings is 3. The van der Waals surface area contributed by atoms with Gasteiger partial charge < -0.3 is 29.5 Å². The third kappa shape index (κ3) is 9.34. The number of aliphatic hydroxyl groups is 1. The molecule has 11 nitrogen and oxygen atoms in total. The molecule has 1 aliphatic heterocycles. The SMILES string of the molecule is COc1ccc(S(=O)(=O)N(C)C[C@@H]2OCCCC[C@H](C)Oc3ccc(NC(=O)c4ccccc4)cc3C(=O)N([C@H](C)CO)C[C@@H]2C)cc1. The molecule has 48 heavy (non-hydrogen) atoms. The predicted molar refractivity (Wildman–Crippen MR) is 184 cm³/mol. The highest BCUT2D eigenvalue weighted by atomic mass is 32.2. The van der Waals surface area contributed by atoms with E-state index in [1.54, 1.807) is 66.4 Å². The van der Waals surface area contributed by atoms with Crippen LogP contribution in [0, 0.1) is 5.92 Å². The van der Waals surface area contributed by atoms with E-state index in [4.69, 9.17) is 14.2 Å². The number of ether oxygens (including phenoxy) is 3. The van der Waals surface area contributed by atoms with Crippen LogP contribution in [0.1, 0.15) is 60.7 Å². The molecule has 4 rings (SSSR count). The van der Waals surface area contributed by atoms with Gasteiger partial charge in [0.1, 0.15) is 11.5 Å². The van der Waals surface area contributed by atoms with Gasteiger partial charge in [-0.25, -0.2) is 8.42 Å². The van der Waals surface area contributed by atoms with Crippen LogP contribution in [0.15, 0.2) is 77.7 Å². The Bertz CT molecular complexity index is 1620. The summed E-state index contributed by atoms with van der Waals surface area (Å²) in [6.07, 6.45) is 1.45. The highest BCUT2D eigenvalue weighted by molar-refractivity contribution is 7.89. The first-order valence-electron chi connectivity index (χ1n) is 16.3. The van der Waals surface area contributed by atoms with E-state index in [9.17, 15) is 23.1 Å². The molecule has 1 aliphatic rings. The molecule has 12 heteroatoms. The second-order valence-electron chi connectivity index (χ2n) is 12.3. The lowest BCUT2D eigenvalue weighted by Crippen LogP contribution is -2.48. The molecule has 4 atom stereocenters. The van der Waals surface area contributed by atoms with Crippen molar-refractivity contribution in [2.45, 2.75) is 63.2 Å². The zero-order valence-corrected chi connectivity index (χ0v) is 29.1. The first kappa shape index (κ1) is 36.9. The van der Waals surface area contributed by atoms with E-state index in [-0.39, 0.29) is 48.1 Å². The minimum Gasteiger partial charge on any atom is -0.497 e. The first-order chi connectivity index (χ1) is 22.9. The maximum atomic E-state index is 14.4. The van der Waals surface area contributed by atoms with Crippen molar-refractivity contribution in [3.8, 4) is 11.5 Å². The zero-order valence-electron chi connectivity index (χ0n) is 28.3. The Hall–Kier alpha value is -3.97. The smallest absolute Gasteiger partial charge is 0.258 e. The molecule has 2 N–H and O–H groups in total. The van der Waals surface area contributed by atoms with E-state index < -0.39 is 28.1 Å². The van der Waals surface area contributed by atoms with Crippen molar-refractivity contribution in [3.63, 3.8) is 0 Å². The highest BCUT2D eigenvalue weighted by Crippen LogP contribution is 2.29. The zero-order chi connectivity index (χ0) is 34.8. The van der Waals surface area contributed by atoms with Gasteiger partial charge in [-0.05, 0) is 87.7 Å². The standard InChI is InChI=1S/C36H47N3O8S/c1-25-22-39(26(2)24-40)36(42)32-21-29(37-35(41)28-12-7-6-8-13-28)14-19-33(32)47-27(3)11-9-10-20-46-34(25)23-38(4)48(43,44)31-17-15-30(45-5)16-18-31/h6-8,12-19,21,25-27,34,40H,9-11,20,22-24H2,1-5H3,(H,37,41)/t25-,26+,27-,34-/m0/s1. The topological polar surface area (TPSA) is 135 Å². The fourth-order valence-electron chi connectivity index (χ4n) is 5.53. The number of carbonyl (C=O) groups excluding carboxylic acids is 2. The maximum absolute atomic E-state index is 14.4. The lowest BCUT2D eigenvalue weighted by molar-refractivity contribution is -0.00834. The van der Waals surface area contributed by atoms with E-state index in [1.165, 1.54) is 30.6 Å². The van der Waals surface area contributed by atoms with Gasteiger partial charge in [-0.15, -0.1) is 0 Å². The molecule has 0 radical (unpaired) electrons. The molecule has 0 fully saturated rings. The normalized spacial score (nSPS) is 20.3. The minimum absolute atomic E-state index is 0.0524. The number of rotatable bonds is 9. The van der Waals surface area contributed by atoms with Crippen molar-refractivity contribution in [1.82, 2.24) is 9.21 Å². The van der Waals surface area contributed by atoms with Crippen LogP contribution in [0.3, 0.4) is 0 Å². The number of methoxy groups -OCH3 is 1. The van der Waals surface area contributed by atoms with Crippen LogP contribution in [0.2, 0.25) is 0 Å². The van der Waals surface area contributed by atoms with Crippen LogP contribution in [0.25, 0.3) is 0 Å². The third-order valence-electron chi connectivity index (χ3n) is 8.55. The van der Waals surface area contributed by atoms with Crippen LogP contribution in [0.5, 0.6) is 11.5 Å². The Labute approximate surface area is 283 Å². The number of nitrogens with one attached hydrogen (secondary N) is 1. The number of sulfonamides is 1. The number of anilines is 1. The molecular weight excluding hydrogens is 634 g/mol. The van der Waals surface area contributed by atoms with Gasteiger partial charge in [0.2, 0.25) is 10.0 Å². The van der Waals surface area contributed by atoms with Crippen LogP contribution in [-0.4, -0.2) is 93.3 Å². The van der Waals surface area contributed by atoms with Crippen molar-refractivity contribution < 1.29 is 37.3 Å². The second kappa shape index (κ2) is 16.9. The number of hydrogen-bond acceptors (Lipinski definition) is 8. The Balaban J connectivity index is 1.64. The van der Waals surface area contributed by atoms with E-state index in [2.05, 4.69) is 5.32 Å². The molecule has 3 aromatic rings. The van der Waals surface area contributed by atoms with Crippen molar-refractivity contribution >= 4 is 27.5 Å². The molecule has 1 heterocycles. The molecule has 0 unspecified atom stereocenters. The Morgan fingerprint density at radius 2 is 1.79 bits per heavy atom. The summed E-state index contributed by atoms with van der Waals surface area (Å²) in [6, 6.07) is 19.4. The summed E-state index contributed by atoms with van der Waals surface area (Å²) < 4.78 is 46.1. The van der Waals surface area contributed by atoms with Crippen molar-refractivity contribution in [2.24, 2.45) is 5.92 Å². The lowest BCUT2D eigenvalue weighted by atomic mass is 10.0. The van der Waals surface area contributed by atoms with Gasteiger partial charge in [-0.3, -0.25) is 9.59 Å². The molecule has 0 aliphatic carbocycles. The molecule has 2 amide bonds. The molecule has 0 saturated carbocycles. The molecule has 0 aromatic heterocycles. The average Bonchev–Trinajstić information content (AvgIpc) is 3.09. The van der Waals surface area contributed by atoms with Crippen LogP contribution < -0.4 is 14.8 Å². The quantitative estimate of drug-likeness (QED) is 0.320. The summed E-state index contributed by atoms with van der Waals surface area (Å²) in [5.41, 5.74) is 1.14. The Morgan fingerprint density at radius 3 is 2.46 bits per heavy atom. The summed E-state index contributed by atoms with van der Waals surface area (Å²) in [4.78, 5) is 29.0. The van der Waals surface area contributed by atoms with Crippen LogP contribution in [0.4, 0.5) is 5.69 Å². The maximum Gasteiger partial charge on any atom is 0.258 e. The Morgan fingerprint density at radius 1 is 1.08 bits per heavy atom.